The van der Waals surface area contributed by atoms with E-state index < -0.39 is 17.7 Å². The van der Waals surface area contributed by atoms with E-state index in [1.54, 1.807) is 6.92 Å². The van der Waals surface area contributed by atoms with Crippen molar-refractivity contribution in [3.63, 3.8) is 0 Å². The number of ether oxygens (including phenoxy) is 2. The summed E-state index contributed by atoms with van der Waals surface area (Å²) in [5.41, 5.74) is 2.20. The number of hydrogen-bond acceptors (Lipinski definition) is 4. The molecule has 5 nitrogen and oxygen atoms in total. The first-order valence-corrected chi connectivity index (χ1v) is 9.03. The zero-order valence-corrected chi connectivity index (χ0v) is 15.9. The van der Waals surface area contributed by atoms with Crippen LogP contribution >= 0.6 is 11.6 Å². The Kier molecular flexibility index (Phi) is 5.83. The average Bonchev–Trinajstić information content (AvgIpc) is 3.44. The Morgan fingerprint density at radius 2 is 2.19 bits per heavy atom. The van der Waals surface area contributed by atoms with E-state index in [2.05, 4.69) is 10.2 Å². The number of halogens is 2. The summed E-state index contributed by atoms with van der Waals surface area (Å²) in [5.74, 6) is -1.33. The van der Waals surface area contributed by atoms with Crippen LogP contribution in [0.5, 0.6) is 0 Å². The molecule has 1 atom stereocenters. The summed E-state index contributed by atoms with van der Waals surface area (Å²) in [4.78, 5) is 16.5. The second-order valence-corrected chi connectivity index (χ2v) is 7.12. The number of carbonyl (C=O) groups is 1. The molecule has 0 saturated heterocycles. The number of methoxy groups -OCH3 is 1. The van der Waals surface area contributed by atoms with Crippen LogP contribution in [0.15, 0.2) is 40.9 Å². The lowest BCUT2D eigenvalue weighted by molar-refractivity contribution is -0.140. The molecule has 142 valence electrons. The van der Waals surface area contributed by atoms with Gasteiger partial charge in [-0.1, -0.05) is 17.7 Å². The Morgan fingerprint density at radius 3 is 2.78 bits per heavy atom. The summed E-state index contributed by atoms with van der Waals surface area (Å²) in [6, 6.07) is 3.95. The number of esters is 1. The SMILES string of the molecule is [C-]#[N+]C1=C(C)NC(COC)=C(C(=O)OCC2CC2)C1c1ccc(F)cc1Cl. The van der Waals surface area contributed by atoms with E-state index in [9.17, 15) is 9.18 Å². The van der Waals surface area contributed by atoms with Crippen molar-refractivity contribution in [2.75, 3.05) is 20.3 Å². The lowest BCUT2D eigenvalue weighted by Gasteiger charge is -2.30. The van der Waals surface area contributed by atoms with Crippen LogP contribution in [0.1, 0.15) is 31.2 Å². The summed E-state index contributed by atoms with van der Waals surface area (Å²) in [6.45, 7) is 9.85. The van der Waals surface area contributed by atoms with Crippen molar-refractivity contribution < 1.29 is 18.7 Å². The molecule has 1 aromatic rings. The van der Waals surface area contributed by atoms with Gasteiger partial charge in [-0.05, 0) is 43.4 Å². The van der Waals surface area contributed by atoms with Crippen molar-refractivity contribution in [3.05, 3.63) is 68.7 Å². The van der Waals surface area contributed by atoms with Crippen LogP contribution in [0.4, 0.5) is 4.39 Å². The summed E-state index contributed by atoms with van der Waals surface area (Å²) < 4.78 is 24.3. The number of carbonyl (C=O) groups excluding carboxylic acids is 1. The summed E-state index contributed by atoms with van der Waals surface area (Å²) in [6.07, 6.45) is 2.10. The van der Waals surface area contributed by atoms with Gasteiger partial charge in [0.2, 0.25) is 0 Å². The Hall–Kier alpha value is -2.36. The number of hydrogen-bond donors (Lipinski definition) is 1. The fourth-order valence-corrected chi connectivity index (χ4v) is 3.40. The molecule has 0 radical (unpaired) electrons. The Bertz CT molecular complexity index is 868. The Balaban J connectivity index is 2.09. The molecule has 2 aliphatic rings. The molecule has 1 N–H and O–H groups in total. The van der Waals surface area contributed by atoms with Crippen LogP contribution in [0, 0.1) is 18.3 Å². The van der Waals surface area contributed by atoms with E-state index in [-0.39, 0.29) is 17.2 Å². The lowest BCUT2D eigenvalue weighted by Crippen LogP contribution is -2.31. The number of nitrogens with zero attached hydrogens (tertiary/aromatic N) is 1. The molecule has 3 rings (SSSR count). The monoisotopic (exact) mass is 390 g/mol. The third-order valence-electron chi connectivity index (χ3n) is 4.66. The van der Waals surface area contributed by atoms with Gasteiger partial charge in [-0.3, -0.25) is 0 Å². The van der Waals surface area contributed by atoms with Gasteiger partial charge < -0.3 is 14.8 Å². The smallest absolute Gasteiger partial charge is 0.335 e. The quantitative estimate of drug-likeness (QED) is 0.585. The molecule has 7 heteroatoms. The molecule has 0 aromatic heterocycles. The first kappa shape index (κ1) is 19.4. The molecule has 1 unspecified atom stereocenters. The Morgan fingerprint density at radius 1 is 1.44 bits per heavy atom. The maximum absolute atomic E-state index is 13.5. The predicted octanol–water partition coefficient (Wildman–Crippen LogP) is 4.17. The summed E-state index contributed by atoms with van der Waals surface area (Å²) in [5, 5.41) is 3.24. The second kappa shape index (κ2) is 8.12. The van der Waals surface area contributed by atoms with Crippen molar-refractivity contribution in [2.45, 2.75) is 25.7 Å². The van der Waals surface area contributed by atoms with E-state index in [4.69, 9.17) is 27.6 Å². The highest BCUT2D eigenvalue weighted by atomic mass is 35.5. The molecule has 1 fully saturated rings. The minimum atomic E-state index is -0.742. The average molecular weight is 391 g/mol. The molecule has 1 aromatic carbocycles. The predicted molar refractivity (Wildman–Crippen MR) is 99.2 cm³/mol. The highest BCUT2D eigenvalue weighted by molar-refractivity contribution is 6.31. The van der Waals surface area contributed by atoms with Crippen LogP contribution in [0.25, 0.3) is 4.85 Å². The van der Waals surface area contributed by atoms with Gasteiger partial charge >= 0.3 is 5.97 Å². The van der Waals surface area contributed by atoms with Crippen molar-refractivity contribution in [1.29, 1.82) is 0 Å². The zero-order chi connectivity index (χ0) is 19.6. The standard InChI is InChI=1S/C20H20ClFN2O3/c1-11-19(23-2)17(14-7-6-13(22)8-15(14)21)18(16(24-11)10-26-3)20(25)27-9-12-4-5-12/h6-8,12,17,24H,4-5,9-10H2,1,3H3. The van der Waals surface area contributed by atoms with Crippen LogP contribution in [-0.2, 0) is 14.3 Å². The second-order valence-electron chi connectivity index (χ2n) is 6.71. The zero-order valence-electron chi connectivity index (χ0n) is 15.1. The van der Waals surface area contributed by atoms with Crippen molar-refractivity contribution in [1.82, 2.24) is 5.32 Å². The molecule has 0 bridgehead atoms. The topological polar surface area (TPSA) is 51.9 Å². The van der Waals surface area contributed by atoms with Gasteiger partial charge in [-0.2, -0.15) is 0 Å². The summed E-state index contributed by atoms with van der Waals surface area (Å²) in [7, 11) is 1.52. The minimum absolute atomic E-state index is 0.145. The number of allylic oxidation sites excluding steroid dienone is 2. The third kappa shape index (κ3) is 4.15. The van der Waals surface area contributed by atoms with E-state index in [1.165, 1.54) is 25.3 Å². The van der Waals surface area contributed by atoms with E-state index in [0.717, 1.165) is 12.8 Å². The minimum Gasteiger partial charge on any atom is -0.462 e. The van der Waals surface area contributed by atoms with Crippen molar-refractivity contribution >= 4 is 17.6 Å². The fourth-order valence-electron chi connectivity index (χ4n) is 3.13. The highest BCUT2D eigenvalue weighted by Gasteiger charge is 2.37. The maximum atomic E-state index is 13.5. The van der Waals surface area contributed by atoms with Crippen LogP contribution in [-0.4, -0.2) is 26.3 Å². The molecule has 0 amide bonds. The lowest BCUT2D eigenvalue weighted by atomic mass is 9.84. The molecule has 0 spiro atoms. The van der Waals surface area contributed by atoms with E-state index in [0.29, 0.717) is 35.2 Å². The largest absolute Gasteiger partial charge is 0.462 e. The van der Waals surface area contributed by atoms with Crippen molar-refractivity contribution in [2.24, 2.45) is 5.92 Å². The number of benzene rings is 1. The van der Waals surface area contributed by atoms with Gasteiger partial charge in [0.25, 0.3) is 0 Å². The number of dihydropyridines is 1. The van der Waals surface area contributed by atoms with Gasteiger partial charge in [0.1, 0.15) is 5.82 Å². The molecule has 27 heavy (non-hydrogen) atoms. The van der Waals surface area contributed by atoms with E-state index >= 15 is 0 Å². The number of nitrogens with one attached hydrogen (secondary N) is 1. The molecule has 1 heterocycles. The first-order valence-electron chi connectivity index (χ1n) is 8.65. The Labute approximate surface area is 162 Å². The van der Waals surface area contributed by atoms with Crippen LogP contribution in [0.2, 0.25) is 5.02 Å². The maximum Gasteiger partial charge on any atom is 0.335 e. The van der Waals surface area contributed by atoms with Gasteiger partial charge in [-0.15, -0.1) is 0 Å². The van der Waals surface area contributed by atoms with Gasteiger partial charge in [0.05, 0.1) is 37.0 Å². The first-order chi connectivity index (χ1) is 13.0. The molecule has 1 aliphatic heterocycles. The normalized spacial score (nSPS) is 19.6. The van der Waals surface area contributed by atoms with Crippen molar-refractivity contribution in [3.8, 4) is 0 Å². The fraction of sp³-hybridized carbons (Fsp3) is 0.400. The van der Waals surface area contributed by atoms with Crippen LogP contribution in [0.3, 0.4) is 0 Å². The molecule has 1 aliphatic carbocycles. The number of rotatable bonds is 6. The molecule has 1 saturated carbocycles. The van der Waals surface area contributed by atoms with E-state index in [1.807, 2.05) is 0 Å². The molecular formula is C20H20ClFN2O3. The summed E-state index contributed by atoms with van der Waals surface area (Å²) >= 11 is 6.27. The molecular weight excluding hydrogens is 371 g/mol. The van der Waals surface area contributed by atoms with Gasteiger partial charge in [-0.25, -0.2) is 14.0 Å². The van der Waals surface area contributed by atoms with Gasteiger partial charge in [0.15, 0.2) is 5.70 Å². The highest BCUT2D eigenvalue weighted by Crippen LogP contribution is 2.42. The third-order valence-corrected chi connectivity index (χ3v) is 4.99. The van der Waals surface area contributed by atoms with Crippen LogP contribution < -0.4 is 5.32 Å². The van der Waals surface area contributed by atoms with Gasteiger partial charge in [0, 0.05) is 17.8 Å².